The van der Waals surface area contributed by atoms with Gasteiger partial charge in [0, 0.05) is 20.2 Å². The van der Waals surface area contributed by atoms with Crippen molar-refractivity contribution in [3.8, 4) is 0 Å². The molecule has 1 fully saturated rings. The van der Waals surface area contributed by atoms with Crippen molar-refractivity contribution in [2.24, 2.45) is 0 Å². The summed E-state index contributed by atoms with van der Waals surface area (Å²) >= 11 is 0. The Morgan fingerprint density at radius 2 is 1.95 bits per heavy atom. The second-order valence-electron chi connectivity index (χ2n) is 5.24. The van der Waals surface area contributed by atoms with Gasteiger partial charge in [-0.05, 0) is 24.8 Å². The second kappa shape index (κ2) is 8.02. The summed E-state index contributed by atoms with van der Waals surface area (Å²) < 4.78 is 5.25. The van der Waals surface area contributed by atoms with E-state index in [1.165, 1.54) is 6.42 Å². The molecule has 1 aromatic carbocycles. The first-order valence-electron chi connectivity index (χ1n) is 7.36. The lowest BCUT2D eigenvalue weighted by atomic mass is 10.1. The van der Waals surface area contributed by atoms with Gasteiger partial charge >= 0.3 is 0 Å². The maximum absolute atomic E-state index is 12.2. The number of amides is 1. The van der Waals surface area contributed by atoms with E-state index >= 15 is 0 Å². The quantitative estimate of drug-likeness (QED) is 0.864. The van der Waals surface area contributed by atoms with Crippen molar-refractivity contribution in [1.82, 2.24) is 10.2 Å². The van der Waals surface area contributed by atoms with E-state index in [0.29, 0.717) is 13.2 Å². The summed E-state index contributed by atoms with van der Waals surface area (Å²) in [5, 5.41) is 3.32. The summed E-state index contributed by atoms with van der Waals surface area (Å²) in [6.45, 7) is 2.75. The van der Waals surface area contributed by atoms with Crippen LogP contribution in [0, 0.1) is 0 Å². The van der Waals surface area contributed by atoms with Gasteiger partial charge in [0.15, 0.2) is 0 Å². The first-order valence-corrected chi connectivity index (χ1v) is 7.36. The Balaban J connectivity index is 1.87. The lowest BCUT2D eigenvalue weighted by molar-refractivity contribution is -0.131. The first kappa shape index (κ1) is 15.0. The van der Waals surface area contributed by atoms with Crippen LogP contribution in [0.1, 0.15) is 30.9 Å². The van der Waals surface area contributed by atoms with Crippen LogP contribution in [0.5, 0.6) is 0 Å². The van der Waals surface area contributed by atoms with Gasteiger partial charge in [0.1, 0.15) is 0 Å². The molecule has 1 saturated heterocycles. The van der Waals surface area contributed by atoms with Gasteiger partial charge in [0.2, 0.25) is 5.91 Å². The largest absolute Gasteiger partial charge is 0.383 e. The standard InChI is InChI=1S/C16H24N2O2/c1-20-13-15(14-8-4-2-5-9-14)17-12-16(19)18-10-6-3-7-11-18/h2,4-5,8-9,15,17H,3,6-7,10-13H2,1H3/t15-/m1/s1. The molecule has 1 aliphatic rings. The zero-order chi connectivity index (χ0) is 14.2. The highest BCUT2D eigenvalue weighted by Gasteiger charge is 2.18. The highest BCUT2D eigenvalue weighted by atomic mass is 16.5. The van der Waals surface area contributed by atoms with E-state index in [1.54, 1.807) is 7.11 Å². The summed E-state index contributed by atoms with van der Waals surface area (Å²) in [5.41, 5.74) is 1.15. The fraction of sp³-hybridized carbons (Fsp3) is 0.562. The zero-order valence-electron chi connectivity index (χ0n) is 12.2. The summed E-state index contributed by atoms with van der Waals surface area (Å²) in [6.07, 6.45) is 3.51. The number of hydrogen-bond acceptors (Lipinski definition) is 3. The second-order valence-corrected chi connectivity index (χ2v) is 5.24. The molecule has 2 rings (SSSR count). The van der Waals surface area contributed by atoms with Crippen molar-refractivity contribution in [2.75, 3.05) is 33.4 Å². The number of likely N-dealkylation sites (tertiary alicyclic amines) is 1. The minimum absolute atomic E-state index is 0.0648. The Hall–Kier alpha value is -1.39. The van der Waals surface area contributed by atoms with E-state index < -0.39 is 0 Å². The van der Waals surface area contributed by atoms with E-state index in [-0.39, 0.29) is 11.9 Å². The number of ether oxygens (including phenoxy) is 1. The molecule has 1 aliphatic heterocycles. The maximum Gasteiger partial charge on any atom is 0.236 e. The van der Waals surface area contributed by atoms with E-state index in [1.807, 2.05) is 23.1 Å². The molecule has 1 heterocycles. The molecule has 4 heteroatoms. The molecule has 1 N–H and O–H groups in total. The number of carbonyl (C=O) groups excluding carboxylic acids is 1. The third kappa shape index (κ3) is 4.32. The average molecular weight is 276 g/mol. The smallest absolute Gasteiger partial charge is 0.236 e. The lowest BCUT2D eigenvalue weighted by Gasteiger charge is -2.28. The van der Waals surface area contributed by atoms with Crippen LogP contribution in [0.2, 0.25) is 0 Å². The molecule has 1 atom stereocenters. The molecule has 0 spiro atoms. The molecule has 0 aromatic heterocycles. The SMILES string of the molecule is COC[C@@H](NCC(=O)N1CCCCC1)c1ccccc1. The predicted molar refractivity (Wildman–Crippen MR) is 79.5 cm³/mol. The predicted octanol–water partition coefficient (Wildman–Crippen LogP) is 1.98. The number of benzene rings is 1. The fourth-order valence-electron chi connectivity index (χ4n) is 2.59. The van der Waals surface area contributed by atoms with Crippen LogP contribution in [-0.4, -0.2) is 44.2 Å². The molecule has 4 nitrogen and oxygen atoms in total. The third-order valence-corrected chi connectivity index (χ3v) is 3.74. The van der Waals surface area contributed by atoms with Gasteiger partial charge in [-0.3, -0.25) is 10.1 Å². The molecule has 0 unspecified atom stereocenters. The van der Waals surface area contributed by atoms with Crippen LogP contribution in [-0.2, 0) is 9.53 Å². The van der Waals surface area contributed by atoms with Crippen molar-refractivity contribution in [3.63, 3.8) is 0 Å². The van der Waals surface area contributed by atoms with Gasteiger partial charge in [0.05, 0.1) is 19.2 Å². The number of hydrogen-bond donors (Lipinski definition) is 1. The van der Waals surface area contributed by atoms with Gasteiger partial charge in [-0.2, -0.15) is 0 Å². The van der Waals surface area contributed by atoms with Crippen molar-refractivity contribution in [3.05, 3.63) is 35.9 Å². The molecular weight excluding hydrogens is 252 g/mol. The zero-order valence-corrected chi connectivity index (χ0v) is 12.2. The molecule has 0 bridgehead atoms. The Labute approximate surface area is 121 Å². The van der Waals surface area contributed by atoms with Crippen molar-refractivity contribution in [2.45, 2.75) is 25.3 Å². The molecular formula is C16H24N2O2. The lowest BCUT2D eigenvalue weighted by Crippen LogP contribution is -2.42. The Bertz CT molecular complexity index is 402. The molecule has 0 saturated carbocycles. The molecule has 0 radical (unpaired) electrons. The van der Waals surface area contributed by atoms with Crippen LogP contribution < -0.4 is 5.32 Å². The number of methoxy groups -OCH3 is 1. The summed E-state index contributed by atoms with van der Waals surface area (Å²) in [5.74, 6) is 0.196. The fourth-order valence-corrected chi connectivity index (χ4v) is 2.59. The molecule has 20 heavy (non-hydrogen) atoms. The van der Waals surface area contributed by atoms with Gasteiger partial charge in [0.25, 0.3) is 0 Å². The highest BCUT2D eigenvalue weighted by Crippen LogP contribution is 2.13. The first-order chi connectivity index (χ1) is 9.81. The number of piperidine rings is 1. The van der Waals surface area contributed by atoms with E-state index in [9.17, 15) is 4.79 Å². The Morgan fingerprint density at radius 3 is 2.60 bits per heavy atom. The van der Waals surface area contributed by atoms with E-state index in [2.05, 4.69) is 17.4 Å². The van der Waals surface area contributed by atoms with Crippen LogP contribution in [0.3, 0.4) is 0 Å². The minimum atomic E-state index is 0.0648. The Morgan fingerprint density at radius 1 is 1.25 bits per heavy atom. The normalized spacial score (nSPS) is 16.9. The van der Waals surface area contributed by atoms with Gasteiger partial charge in [-0.15, -0.1) is 0 Å². The van der Waals surface area contributed by atoms with E-state index in [4.69, 9.17) is 4.74 Å². The van der Waals surface area contributed by atoms with Crippen LogP contribution in [0.25, 0.3) is 0 Å². The Kier molecular flexibility index (Phi) is 6.02. The topological polar surface area (TPSA) is 41.6 Å². The van der Waals surface area contributed by atoms with E-state index in [0.717, 1.165) is 31.5 Å². The van der Waals surface area contributed by atoms with Crippen molar-refractivity contribution in [1.29, 1.82) is 0 Å². The summed E-state index contributed by atoms with van der Waals surface area (Å²) in [6, 6.07) is 10.2. The van der Waals surface area contributed by atoms with Gasteiger partial charge in [-0.1, -0.05) is 30.3 Å². The number of nitrogens with zero attached hydrogens (tertiary/aromatic N) is 1. The number of nitrogens with one attached hydrogen (secondary N) is 1. The van der Waals surface area contributed by atoms with Crippen LogP contribution in [0.4, 0.5) is 0 Å². The molecule has 110 valence electrons. The summed E-state index contributed by atoms with van der Waals surface area (Å²) in [7, 11) is 1.68. The van der Waals surface area contributed by atoms with Crippen molar-refractivity contribution < 1.29 is 9.53 Å². The molecule has 1 aromatic rings. The highest BCUT2D eigenvalue weighted by molar-refractivity contribution is 5.78. The molecule has 1 amide bonds. The minimum Gasteiger partial charge on any atom is -0.383 e. The monoisotopic (exact) mass is 276 g/mol. The molecule has 0 aliphatic carbocycles. The van der Waals surface area contributed by atoms with Gasteiger partial charge in [-0.25, -0.2) is 0 Å². The number of rotatable bonds is 6. The van der Waals surface area contributed by atoms with Crippen LogP contribution in [0.15, 0.2) is 30.3 Å². The van der Waals surface area contributed by atoms with Crippen molar-refractivity contribution >= 4 is 5.91 Å². The van der Waals surface area contributed by atoms with Crippen LogP contribution >= 0.6 is 0 Å². The summed E-state index contributed by atoms with van der Waals surface area (Å²) in [4.78, 5) is 14.1. The number of carbonyl (C=O) groups is 1. The third-order valence-electron chi connectivity index (χ3n) is 3.74. The van der Waals surface area contributed by atoms with Gasteiger partial charge < -0.3 is 9.64 Å². The maximum atomic E-state index is 12.2. The average Bonchev–Trinajstić information content (AvgIpc) is 2.53.